The van der Waals surface area contributed by atoms with Crippen molar-refractivity contribution < 1.29 is 19.2 Å². The van der Waals surface area contributed by atoms with Gasteiger partial charge >= 0.3 is 0 Å². The molecule has 8 rings (SSSR count). The van der Waals surface area contributed by atoms with Crippen molar-refractivity contribution in [1.82, 2.24) is 9.80 Å². The van der Waals surface area contributed by atoms with Crippen molar-refractivity contribution in [2.45, 2.75) is 95.3 Å². The van der Waals surface area contributed by atoms with E-state index in [0.717, 1.165) is 99.4 Å². The van der Waals surface area contributed by atoms with Crippen molar-refractivity contribution >= 4 is 58.0 Å². The molecule has 0 radical (unpaired) electrons. The highest BCUT2D eigenvalue weighted by atomic mass is 35.5. The molecule has 0 unspecified atom stereocenters. The maximum atomic E-state index is 13.4. The Hall–Kier alpha value is -5.61. The minimum absolute atomic E-state index is 0.0136. The molecule has 0 atom stereocenters. The second-order valence-electron chi connectivity index (χ2n) is 15.7. The van der Waals surface area contributed by atoms with Gasteiger partial charge in [-0.3, -0.25) is 29.2 Å². The Morgan fingerprint density at radius 3 is 1.40 bits per heavy atom. The lowest BCUT2D eigenvalue weighted by Crippen LogP contribution is -2.50. The van der Waals surface area contributed by atoms with Gasteiger partial charge in [-0.05, 0) is 94.7 Å². The number of carbonyl (C=O) groups excluding carboxylic acids is 4. The summed E-state index contributed by atoms with van der Waals surface area (Å²) in [6.45, 7) is 2.02. The van der Waals surface area contributed by atoms with Crippen LogP contribution in [0.5, 0.6) is 0 Å². The van der Waals surface area contributed by atoms with Gasteiger partial charge in [0, 0.05) is 27.5 Å². The summed E-state index contributed by atoms with van der Waals surface area (Å²) in [5.41, 5.74) is 3.90. The number of carbonyl (C=O) groups is 4. The normalized spacial score (nSPS) is 18.4. The van der Waals surface area contributed by atoms with Crippen molar-refractivity contribution in [3.63, 3.8) is 0 Å². The molecule has 10 nitrogen and oxygen atoms in total. The van der Waals surface area contributed by atoms with Gasteiger partial charge in [0.15, 0.2) is 0 Å². The van der Waals surface area contributed by atoms with Crippen molar-refractivity contribution in [2.24, 2.45) is 9.98 Å². The van der Waals surface area contributed by atoms with Crippen molar-refractivity contribution in [1.29, 1.82) is 0 Å². The van der Waals surface area contributed by atoms with Gasteiger partial charge < -0.3 is 20.4 Å². The van der Waals surface area contributed by atoms with Gasteiger partial charge in [0.2, 0.25) is 11.8 Å². The van der Waals surface area contributed by atoms with E-state index in [1.54, 1.807) is 34.1 Å². The maximum Gasteiger partial charge on any atom is 0.275 e. The number of nitrogens with zero attached hydrogens (tertiary/aromatic N) is 4. The first kappa shape index (κ1) is 40.6. The van der Waals surface area contributed by atoms with E-state index in [-0.39, 0.29) is 36.7 Å². The number of nitrogens with one attached hydrogen (secondary N) is 2. The summed E-state index contributed by atoms with van der Waals surface area (Å²) in [5, 5.41) is 6.38. The van der Waals surface area contributed by atoms with Crippen molar-refractivity contribution in [3.05, 3.63) is 131 Å². The van der Waals surface area contributed by atoms with Crippen LogP contribution in [0.15, 0.2) is 119 Å². The molecule has 4 aromatic carbocycles. The fourth-order valence-corrected chi connectivity index (χ4v) is 8.61. The number of hydrogen-bond acceptors (Lipinski definition) is 6. The van der Waals surface area contributed by atoms with Gasteiger partial charge in [0.1, 0.15) is 35.8 Å². The number of amides is 4. The highest BCUT2D eigenvalue weighted by Gasteiger charge is 2.49. The smallest absolute Gasteiger partial charge is 0.275 e. The number of benzene rings is 4. The molecule has 4 aromatic rings. The first-order valence-corrected chi connectivity index (χ1v) is 20.9. The van der Waals surface area contributed by atoms with E-state index in [4.69, 9.17) is 21.6 Å². The predicted octanol–water partition coefficient (Wildman–Crippen LogP) is 8.98. The number of aliphatic imine (C=N–C) groups is 2. The van der Waals surface area contributed by atoms with Crippen LogP contribution < -0.4 is 10.6 Å². The summed E-state index contributed by atoms with van der Waals surface area (Å²) < 4.78 is 0. The van der Waals surface area contributed by atoms with Gasteiger partial charge in [0.05, 0.1) is 0 Å². The molecule has 2 saturated carbocycles. The summed E-state index contributed by atoms with van der Waals surface area (Å²) in [7, 11) is 0. The Morgan fingerprint density at radius 2 is 0.948 bits per heavy atom. The minimum atomic E-state index is -0.620. The molecule has 4 aliphatic rings. The van der Waals surface area contributed by atoms with Crippen LogP contribution in [-0.2, 0) is 19.2 Å². The molecule has 11 heteroatoms. The Labute approximate surface area is 345 Å². The van der Waals surface area contributed by atoms with Crippen LogP contribution in [0.3, 0.4) is 0 Å². The fourth-order valence-electron chi connectivity index (χ4n) is 8.48. The van der Waals surface area contributed by atoms with Crippen LogP contribution in [0.2, 0.25) is 5.02 Å². The van der Waals surface area contributed by atoms with Crippen LogP contribution in [0.4, 0.5) is 11.4 Å². The Morgan fingerprint density at radius 1 is 0.552 bits per heavy atom. The standard InChI is InChI=1S/C24H26ClN3O2.C23H25N3O2/c1-17-6-8-18(9-7-17)22-23(30)28(24(27-22)14-4-2-3-5-15-24)16-21(29)26-20-12-10-19(25)11-13-20;27-20(24-19-13-7-4-8-14-19)17-26-22(28)21(18-11-5-3-6-12-18)25-23(26)15-9-1-2-10-16-23/h6-13H,2-5,14-16H2,1H3,(H,26,29);3-8,11-14H,1-2,9-10,15-17H2,(H,24,27). The number of para-hydroxylation sites is 1. The zero-order chi connectivity index (χ0) is 40.5. The van der Waals surface area contributed by atoms with E-state index >= 15 is 0 Å². The first-order chi connectivity index (χ1) is 28.1. The van der Waals surface area contributed by atoms with E-state index in [9.17, 15) is 19.2 Å². The molecule has 0 bridgehead atoms. The minimum Gasteiger partial charge on any atom is -0.325 e. The third kappa shape index (κ3) is 9.39. The van der Waals surface area contributed by atoms with E-state index in [1.165, 1.54) is 0 Å². The zero-order valence-corrected chi connectivity index (χ0v) is 33.8. The van der Waals surface area contributed by atoms with Crippen LogP contribution >= 0.6 is 11.6 Å². The fraction of sp³-hybridized carbons (Fsp3) is 0.362. The molecule has 2 heterocycles. The van der Waals surface area contributed by atoms with Crippen molar-refractivity contribution in [2.75, 3.05) is 23.7 Å². The number of aryl methyl sites for hydroxylation is 1. The van der Waals surface area contributed by atoms with Crippen molar-refractivity contribution in [3.8, 4) is 0 Å². The lowest BCUT2D eigenvalue weighted by Gasteiger charge is -2.35. The van der Waals surface area contributed by atoms with E-state index in [1.807, 2.05) is 91.9 Å². The van der Waals surface area contributed by atoms with Crippen LogP contribution in [0.25, 0.3) is 0 Å². The Bertz CT molecular complexity index is 2140. The molecule has 0 aromatic heterocycles. The molecular weight excluding hydrogens is 748 g/mol. The highest BCUT2D eigenvalue weighted by molar-refractivity contribution is 6.47. The molecule has 2 N–H and O–H groups in total. The topological polar surface area (TPSA) is 124 Å². The molecule has 2 aliphatic heterocycles. The summed E-state index contributed by atoms with van der Waals surface area (Å²) in [4.78, 5) is 65.5. The molecular formula is C47H51ClN6O4. The monoisotopic (exact) mass is 798 g/mol. The number of anilines is 2. The average molecular weight is 799 g/mol. The predicted molar refractivity (Wildman–Crippen MR) is 230 cm³/mol. The van der Waals surface area contributed by atoms with Gasteiger partial charge in [-0.25, -0.2) is 0 Å². The molecule has 58 heavy (non-hydrogen) atoms. The number of halogens is 1. The lowest BCUT2D eigenvalue weighted by molar-refractivity contribution is -0.133. The van der Waals surface area contributed by atoms with E-state index in [2.05, 4.69) is 10.6 Å². The Kier molecular flexibility index (Phi) is 12.8. The Balaban J connectivity index is 0.000000177. The molecule has 0 saturated heterocycles. The van der Waals surface area contributed by atoms with E-state index < -0.39 is 11.3 Å². The van der Waals surface area contributed by atoms with Gasteiger partial charge in [-0.1, -0.05) is 116 Å². The molecule has 2 spiro atoms. The maximum absolute atomic E-state index is 13.4. The molecule has 4 amide bonds. The largest absolute Gasteiger partial charge is 0.325 e. The van der Waals surface area contributed by atoms with Crippen LogP contribution in [-0.4, -0.2) is 69.3 Å². The van der Waals surface area contributed by atoms with Crippen LogP contribution in [0.1, 0.15) is 93.7 Å². The summed E-state index contributed by atoms with van der Waals surface area (Å²) in [6.07, 6.45) is 11.8. The lowest BCUT2D eigenvalue weighted by atomic mass is 10.00. The molecule has 2 aliphatic carbocycles. The van der Waals surface area contributed by atoms with E-state index in [0.29, 0.717) is 22.1 Å². The second kappa shape index (κ2) is 18.3. The summed E-state index contributed by atoms with van der Waals surface area (Å²) in [5.74, 6) is -0.717. The summed E-state index contributed by atoms with van der Waals surface area (Å²) in [6, 6.07) is 33.7. The first-order valence-electron chi connectivity index (χ1n) is 20.5. The second-order valence-corrected chi connectivity index (χ2v) is 16.1. The third-order valence-corrected chi connectivity index (χ3v) is 11.8. The average Bonchev–Trinajstić information content (AvgIpc) is 3.42. The number of rotatable bonds is 8. The SMILES string of the molecule is Cc1ccc(C2=NC3(CCCCCC3)N(CC(=O)Nc3ccc(Cl)cc3)C2=O)cc1.O=C(CN1C(=O)C(c2ccccc2)=NC12CCCCCC2)Nc1ccccc1. The van der Waals surface area contributed by atoms with Gasteiger partial charge in [-0.2, -0.15) is 0 Å². The summed E-state index contributed by atoms with van der Waals surface area (Å²) >= 11 is 5.92. The zero-order valence-electron chi connectivity index (χ0n) is 33.1. The van der Waals surface area contributed by atoms with Gasteiger partial charge in [-0.15, -0.1) is 0 Å². The van der Waals surface area contributed by atoms with Crippen LogP contribution in [0, 0.1) is 6.92 Å². The molecule has 2 fully saturated rings. The third-order valence-electron chi connectivity index (χ3n) is 11.5. The van der Waals surface area contributed by atoms with Gasteiger partial charge in [0.25, 0.3) is 11.8 Å². The molecule has 300 valence electrons. The quantitative estimate of drug-likeness (QED) is 0.185. The number of hydrogen-bond donors (Lipinski definition) is 2. The highest BCUT2D eigenvalue weighted by Crippen LogP contribution is 2.40.